The number of para-hydroxylation sites is 1. The largest absolute Gasteiger partial charge is 0.480 e. The average molecular weight is 321 g/mol. The van der Waals surface area contributed by atoms with Gasteiger partial charge in [0.1, 0.15) is 6.04 Å². The molecule has 0 fully saturated rings. The van der Waals surface area contributed by atoms with Gasteiger partial charge in [-0.25, -0.2) is 0 Å². The molecule has 23 heavy (non-hydrogen) atoms. The third-order valence-electron chi connectivity index (χ3n) is 3.63. The van der Waals surface area contributed by atoms with Crippen LogP contribution in [0, 0.1) is 6.92 Å². The number of benzene rings is 1. The molecular weight excluding hydrogens is 294 g/mol. The number of hydrogen-bond acceptors (Lipinski definition) is 4. The van der Waals surface area contributed by atoms with E-state index >= 15 is 0 Å². The summed E-state index contributed by atoms with van der Waals surface area (Å²) in [6.45, 7) is 3.16. The van der Waals surface area contributed by atoms with Crippen LogP contribution in [0.3, 0.4) is 0 Å². The van der Waals surface area contributed by atoms with Crippen LogP contribution in [0.15, 0.2) is 24.3 Å². The van der Waals surface area contributed by atoms with Crippen LogP contribution in [0.5, 0.6) is 0 Å². The van der Waals surface area contributed by atoms with Crippen LogP contribution in [0.4, 0.5) is 5.69 Å². The summed E-state index contributed by atoms with van der Waals surface area (Å²) in [7, 11) is 0. The highest BCUT2D eigenvalue weighted by Gasteiger charge is 2.20. The van der Waals surface area contributed by atoms with Crippen molar-refractivity contribution in [3.63, 3.8) is 0 Å². The standard InChI is InChI=1S/C17H27N3O3/c1-13-8-4-5-9-14(13)20-16(21)12-15(17(22)23)19-11-7-3-2-6-10-18/h4-5,8-9,15,19H,2-3,6-7,10-12,18H2,1H3,(H,20,21)(H,22,23). The van der Waals surface area contributed by atoms with E-state index in [1.165, 1.54) is 0 Å². The normalized spacial score (nSPS) is 11.9. The van der Waals surface area contributed by atoms with Gasteiger partial charge in [0.15, 0.2) is 0 Å². The number of rotatable bonds is 11. The van der Waals surface area contributed by atoms with Crippen molar-refractivity contribution in [2.24, 2.45) is 5.73 Å². The Morgan fingerprint density at radius 2 is 1.87 bits per heavy atom. The van der Waals surface area contributed by atoms with Gasteiger partial charge in [0, 0.05) is 5.69 Å². The molecule has 1 aromatic rings. The lowest BCUT2D eigenvalue weighted by atomic mass is 10.1. The lowest BCUT2D eigenvalue weighted by Gasteiger charge is -2.15. The van der Waals surface area contributed by atoms with Crippen molar-refractivity contribution in [2.45, 2.75) is 45.1 Å². The molecule has 0 radical (unpaired) electrons. The van der Waals surface area contributed by atoms with Crippen molar-refractivity contribution in [3.05, 3.63) is 29.8 Å². The number of hydrogen-bond donors (Lipinski definition) is 4. The Morgan fingerprint density at radius 3 is 2.52 bits per heavy atom. The summed E-state index contributed by atoms with van der Waals surface area (Å²) >= 11 is 0. The molecule has 0 heterocycles. The molecular formula is C17H27N3O3. The molecule has 0 aromatic heterocycles. The molecule has 0 aliphatic heterocycles. The lowest BCUT2D eigenvalue weighted by Crippen LogP contribution is -2.40. The Morgan fingerprint density at radius 1 is 1.17 bits per heavy atom. The van der Waals surface area contributed by atoms with Gasteiger partial charge in [-0.1, -0.05) is 31.0 Å². The fraction of sp³-hybridized carbons (Fsp3) is 0.529. The number of carboxylic acids is 1. The van der Waals surface area contributed by atoms with Gasteiger partial charge in [0.25, 0.3) is 0 Å². The van der Waals surface area contributed by atoms with Crippen molar-refractivity contribution in [2.75, 3.05) is 18.4 Å². The van der Waals surface area contributed by atoms with Gasteiger partial charge in [-0.2, -0.15) is 0 Å². The molecule has 6 nitrogen and oxygen atoms in total. The van der Waals surface area contributed by atoms with Crippen LogP contribution < -0.4 is 16.4 Å². The van der Waals surface area contributed by atoms with Crippen molar-refractivity contribution in [1.82, 2.24) is 5.32 Å². The van der Waals surface area contributed by atoms with Gasteiger partial charge >= 0.3 is 5.97 Å². The lowest BCUT2D eigenvalue weighted by molar-refractivity contribution is -0.141. The number of carbonyl (C=O) groups is 2. The summed E-state index contributed by atoms with van der Waals surface area (Å²) in [4.78, 5) is 23.3. The minimum Gasteiger partial charge on any atom is -0.480 e. The average Bonchev–Trinajstić information content (AvgIpc) is 2.51. The Hall–Kier alpha value is -1.92. The first-order valence-electron chi connectivity index (χ1n) is 8.06. The monoisotopic (exact) mass is 321 g/mol. The van der Waals surface area contributed by atoms with E-state index in [-0.39, 0.29) is 12.3 Å². The van der Waals surface area contributed by atoms with Gasteiger partial charge in [-0.3, -0.25) is 9.59 Å². The van der Waals surface area contributed by atoms with Crippen LogP contribution in [-0.2, 0) is 9.59 Å². The Labute approximate surface area is 137 Å². The van der Waals surface area contributed by atoms with Crippen molar-refractivity contribution < 1.29 is 14.7 Å². The molecule has 128 valence electrons. The number of aryl methyl sites for hydroxylation is 1. The van der Waals surface area contributed by atoms with Crippen molar-refractivity contribution in [3.8, 4) is 0 Å². The van der Waals surface area contributed by atoms with Crippen LogP contribution in [-0.4, -0.2) is 36.1 Å². The van der Waals surface area contributed by atoms with E-state index < -0.39 is 12.0 Å². The topological polar surface area (TPSA) is 104 Å². The first kappa shape index (κ1) is 19.1. The fourth-order valence-corrected chi connectivity index (χ4v) is 2.25. The van der Waals surface area contributed by atoms with E-state index in [2.05, 4.69) is 10.6 Å². The third kappa shape index (κ3) is 7.76. The van der Waals surface area contributed by atoms with Crippen molar-refractivity contribution >= 4 is 17.6 Å². The smallest absolute Gasteiger partial charge is 0.321 e. The maximum atomic E-state index is 12.0. The molecule has 6 heteroatoms. The number of nitrogens with two attached hydrogens (primary N) is 1. The second-order valence-corrected chi connectivity index (χ2v) is 5.62. The summed E-state index contributed by atoms with van der Waals surface area (Å²) in [5, 5.41) is 14.9. The zero-order valence-corrected chi connectivity index (χ0v) is 13.7. The highest BCUT2D eigenvalue weighted by Crippen LogP contribution is 2.13. The summed E-state index contributed by atoms with van der Waals surface area (Å²) < 4.78 is 0. The first-order valence-corrected chi connectivity index (χ1v) is 8.06. The molecule has 1 aromatic carbocycles. The van der Waals surface area contributed by atoms with Crippen LogP contribution in [0.2, 0.25) is 0 Å². The van der Waals surface area contributed by atoms with Crippen LogP contribution in [0.1, 0.15) is 37.7 Å². The molecule has 0 bridgehead atoms. The Bertz CT molecular complexity index is 506. The van der Waals surface area contributed by atoms with E-state index in [0.717, 1.165) is 31.2 Å². The number of anilines is 1. The predicted molar refractivity (Wildman–Crippen MR) is 91.4 cm³/mol. The quantitative estimate of drug-likeness (QED) is 0.466. The van der Waals surface area contributed by atoms with E-state index in [1.54, 1.807) is 6.07 Å². The highest BCUT2D eigenvalue weighted by molar-refractivity contribution is 5.94. The van der Waals surface area contributed by atoms with Crippen LogP contribution in [0.25, 0.3) is 0 Å². The maximum absolute atomic E-state index is 12.0. The van der Waals surface area contributed by atoms with E-state index in [1.807, 2.05) is 25.1 Å². The number of amides is 1. The predicted octanol–water partition coefficient (Wildman–Crippen LogP) is 1.89. The van der Waals surface area contributed by atoms with Gasteiger partial charge < -0.3 is 21.5 Å². The summed E-state index contributed by atoms with van der Waals surface area (Å²) in [6.07, 6.45) is 3.83. The van der Waals surface area contributed by atoms with Crippen LogP contribution >= 0.6 is 0 Å². The second kappa shape index (κ2) is 10.7. The first-order chi connectivity index (χ1) is 11.0. The fourth-order valence-electron chi connectivity index (χ4n) is 2.25. The zero-order valence-electron chi connectivity index (χ0n) is 13.7. The number of aliphatic carboxylic acids is 1. The number of carboxylic acid groups (broad SMARTS) is 1. The summed E-state index contributed by atoms with van der Waals surface area (Å²) in [5.41, 5.74) is 7.08. The molecule has 5 N–H and O–H groups in total. The minimum atomic E-state index is -1.01. The Kier molecular flexibility index (Phi) is 8.94. The SMILES string of the molecule is Cc1ccccc1NC(=O)CC(NCCCCCCN)C(=O)O. The van der Waals surface area contributed by atoms with Gasteiger partial charge in [0.05, 0.1) is 6.42 Å². The second-order valence-electron chi connectivity index (χ2n) is 5.62. The van der Waals surface area contributed by atoms with Gasteiger partial charge in [0.2, 0.25) is 5.91 Å². The maximum Gasteiger partial charge on any atom is 0.321 e. The van der Waals surface area contributed by atoms with E-state index in [9.17, 15) is 14.7 Å². The molecule has 1 rings (SSSR count). The zero-order chi connectivity index (χ0) is 17.1. The highest BCUT2D eigenvalue weighted by atomic mass is 16.4. The van der Waals surface area contributed by atoms with Gasteiger partial charge in [-0.15, -0.1) is 0 Å². The molecule has 1 atom stereocenters. The van der Waals surface area contributed by atoms with Gasteiger partial charge in [-0.05, 0) is 44.5 Å². The number of carbonyl (C=O) groups excluding carboxylic acids is 1. The van der Waals surface area contributed by atoms with E-state index in [0.29, 0.717) is 18.8 Å². The molecule has 0 saturated carbocycles. The number of unbranched alkanes of at least 4 members (excludes halogenated alkanes) is 3. The third-order valence-corrected chi connectivity index (χ3v) is 3.63. The minimum absolute atomic E-state index is 0.0908. The van der Waals surface area contributed by atoms with Crippen molar-refractivity contribution in [1.29, 1.82) is 0 Å². The molecule has 1 amide bonds. The Balaban J connectivity index is 2.38. The number of nitrogens with one attached hydrogen (secondary N) is 2. The molecule has 0 saturated heterocycles. The molecule has 0 aliphatic carbocycles. The summed E-state index contributed by atoms with van der Waals surface area (Å²) in [6, 6.07) is 6.54. The molecule has 0 aliphatic rings. The summed E-state index contributed by atoms with van der Waals surface area (Å²) in [5.74, 6) is -1.31. The molecule has 1 unspecified atom stereocenters. The molecule has 0 spiro atoms. The van der Waals surface area contributed by atoms with E-state index in [4.69, 9.17) is 5.73 Å².